The van der Waals surface area contributed by atoms with Crippen molar-refractivity contribution >= 4 is 10.9 Å². The molecule has 2 rings (SSSR count). The SMILES string of the molecule is CC(CO)CCCNCc1nn(C)c2ccccc12. The summed E-state index contributed by atoms with van der Waals surface area (Å²) < 4.78 is 1.93. The molecule has 1 unspecified atom stereocenters. The molecule has 1 atom stereocenters. The number of nitrogens with one attached hydrogen (secondary N) is 1. The fourth-order valence-electron chi connectivity index (χ4n) is 2.29. The second-order valence-electron chi connectivity index (χ2n) is 5.19. The lowest BCUT2D eigenvalue weighted by Gasteiger charge is -2.07. The predicted octanol–water partition coefficient (Wildman–Crippen LogP) is 2.07. The Labute approximate surface area is 114 Å². The van der Waals surface area contributed by atoms with Crippen LogP contribution in [0.2, 0.25) is 0 Å². The molecular formula is C15H23N3O. The highest BCUT2D eigenvalue weighted by Gasteiger charge is 2.07. The zero-order valence-corrected chi connectivity index (χ0v) is 11.8. The summed E-state index contributed by atoms with van der Waals surface area (Å²) in [6, 6.07) is 8.30. The normalized spacial score (nSPS) is 13.0. The maximum Gasteiger partial charge on any atom is 0.0841 e. The molecule has 0 spiro atoms. The van der Waals surface area contributed by atoms with E-state index >= 15 is 0 Å². The molecule has 1 heterocycles. The maximum absolute atomic E-state index is 8.96. The molecule has 104 valence electrons. The number of hydrogen-bond donors (Lipinski definition) is 2. The zero-order valence-electron chi connectivity index (χ0n) is 11.8. The van der Waals surface area contributed by atoms with Crippen molar-refractivity contribution in [1.82, 2.24) is 15.1 Å². The van der Waals surface area contributed by atoms with E-state index in [0.717, 1.165) is 31.6 Å². The molecular weight excluding hydrogens is 238 g/mol. The van der Waals surface area contributed by atoms with Gasteiger partial charge in [0.1, 0.15) is 0 Å². The van der Waals surface area contributed by atoms with Crippen molar-refractivity contribution in [2.75, 3.05) is 13.2 Å². The largest absolute Gasteiger partial charge is 0.396 e. The van der Waals surface area contributed by atoms with E-state index in [0.29, 0.717) is 5.92 Å². The van der Waals surface area contributed by atoms with E-state index < -0.39 is 0 Å². The van der Waals surface area contributed by atoms with Crippen LogP contribution in [0, 0.1) is 5.92 Å². The van der Waals surface area contributed by atoms with Gasteiger partial charge in [-0.3, -0.25) is 4.68 Å². The molecule has 2 aromatic rings. The van der Waals surface area contributed by atoms with Gasteiger partial charge < -0.3 is 10.4 Å². The van der Waals surface area contributed by atoms with Gasteiger partial charge in [0.15, 0.2) is 0 Å². The Hall–Kier alpha value is -1.39. The molecule has 0 aliphatic heterocycles. The zero-order chi connectivity index (χ0) is 13.7. The summed E-state index contributed by atoms with van der Waals surface area (Å²) in [7, 11) is 1.98. The second-order valence-corrected chi connectivity index (χ2v) is 5.19. The fraction of sp³-hybridized carbons (Fsp3) is 0.533. The van der Waals surface area contributed by atoms with Gasteiger partial charge in [0, 0.05) is 25.6 Å². The van der Waals surface area contributed by atoms with Gasteiger partial charge in [0.25, 0.3) is 0 Å². The number of aliphatic hydroxyl groups is 1. The van der Waals surface area contributed by atoms with Crippen LogP contribution in [0.25, 0.3) is 10.9 Å². The van der Waals surface area contributed by atoms with Crippen LogP contribution in [0.3, 0.4) is 0 Å². The van der Waals surface area contributed by atoms with Crippen LogP contribution >= 0.6 is 0 Å². The Morgan fingerprint density at radius 2 is 2.16 bits per heavy atom. The molecule has 4 heteroatoms. The fourth-order valence-corrected chi connectivity index (χ4v) is 2.29. The van der Waals surface area contributed by atoms with E-state index in [-0.39, 0.29) is 6.61 Å². The molecule has 0 saturated carbocycles. The lowest BCUT2D eigenvalue weighted by Crippen LogP contribution is -2.16. The number of aliphatic hydroxyl groups excluding tert-OH is 1. The Kier molecular flexibility index (Phi) is 4.93. The van der Waals surface area contributed by atoms with Gasteiger partial charge in [-0.2, -0.15) is 5.10 Å². The first-order valence-electron chi connectivity index (χ1n) is 6.94. The Morgan fingerprint density at radius 1 is 1.37 bits per heavy atom. The Balaban J connectivity index is 1.85. The molecule has 0 radical (unpaired) electrons. The molecule has 0 saturated heterocycles. The first kappa shape index (κ1) is 14.0. The summed E-state index contributed by atoms with van der Waals surface area (Å²) in [6.45, 7) is 4.13. The van der Waals surface area contributed by atoms with E-state index in [1.165, 1.54) is 10.9 Å². The summed E-state index contributed by atoms with van der Waals surface area (Å²) in [5.74, 6) is 0.400. The smallest absolute Gasteiger partial charge is 0.0841 e. The number of fused-ring (bicyclic) bond motifs is 1. The third kappa shape index (κ3) is 3.55. The molecule has 1 aromatic heterocycles. The standard InChI is InChI=1S/C15H23N3O/c1-12(11-19)6-5-9-16-10-14-13-7-3-4-8-15(13)18(2)17-14/h3-4,7-8,12,16,19H,5-6,9-11H2,1-2H3. The van der Waals surface area contributed by atoms with Gasteiger partial charge >= 0.3 is 0 Å². The van der Waals surface area contributed by atoms with Gasteiger partial charge in [0.2, 0.25) is 0 Å². The number of aromatic nitrogens is 2. The number of nitrogens with zero attached hydrogens (tertiary/aromatic N) is 2. The third-order valence-corrected chi connectivity index (χ3v) is 3.49. The van der Waals surface area contributed by atoms with Crippen molar-refractivity contribution < 1.29 is 5.11 Å². The minimum Gasteiger partial charge on any atom is -0.396 e. The van der Waals surface area contributed by atoms with E-state index in [1.54, 1.807) is 0 Å². The third-order valence-electron chi connectivity index (χ3n) is 3.49. The van der Waals surface area contributed by atoms with Crippen LogP contribution in [0.1, 0.15) is 25.5 Å². The average molecular weight is 261 g/mol. The molecule has 0 bridgehead atoms. The molecule has 4 nitrogen and oxygen atoms in total. The lowest BCUT2D eigenvalue weighted by atomic mass is 10.1. The van der Waals surface area contributed by atoms with E-state index in [4.69, 9.17) is 5.11 Å². The molecule has 1 aromatic carbocycles. The first-order chi connectivity index (χ1) is 9.22. The molecule has 2 N–H and O–H groups in total. The topological polar surface area (TPSA) is 50.1 Å². The van der Waals surface area contributed by atoms with E-state index in [9.17, 15) is 0 Å². The second kappa shape index (κ2) is 6.68. The number of para-hydroxylation sites is 1. The molecule has 0 aliphatic rings. The van der Waals surface area contributed by atoms with Crippen molar-refractivity contribution in [2.24, 2.45) is 13.0 Å². The van der Waals surface area contributed by atoms with E-state index in [2.05, 4.69) is 35.5 Å². The summed E-state index contributed by atoms with van der Waals surface area (Å²) in [5.41, 5.74) is 2.28. The van der Waals surface area contributed by atoms with Crippen molar-refractivity contribution in [3.63, 3.8) is 0 Å². The van der Waals surface area contributed by atoms with Crippen LogP contribution < -0.4 is 5.32 Å². The van der Waals surface area contributed by atoms with Crippen LogP contribution in [0.5, 0.6) is 0 Å². The Bertz CT molecular complexity index is 521. The molecule has 0 aliphatic carbocycles. The van der Waals surface area contributed by atoms with Crippen LogP contribution in [0.15, 0.2) is 24.3 Å². The number of hydrogen-bond acceptors (Lipinski definition) is 3. The molecule has 0 amide bonds. The number of aryl methyl sites for hydroxylation is 1. The van der Waals surface area contributed by atoms with Crippen LogP contribution in [-0.2, 0) is 13.6 Å². The highest BCUT2D eigenvalue weighted by molar-refractivity contribution is 5.81. The van der Waals surface area contributed by atoms with Crippen molar-refractivity contribution in [3.8, 4) is 0 Å². The molecule has 19 heavy (non-hydrogen) atoms. The van der Waals surface area contributed by atoms with Crippen molar-refractivity contribution in [3.05, 3.63) is 30.0 Å². The summed E-state index contributed by atoms with van der Waals surface area (Å²) in [6.07, 6.45) is 2.15. The van der Waals surface area contributed by atoms with Crippen LogP contribution in [-0.4, -0.2) is 28.0 Å². The summed E-state index contributed by atoms with van der Waals surface area (Å²) in [4.78, 5) is 0. The number of rotatable bonds is 7. The average Bonchev–Trinajstić information content (AvgIpc) is 2.75. The van der Waals surface area contributed by atoms with Gasteiger partial charge in [-0.25, -0.2) is 0 Å². The highest BCUT2D eigenvalue weighted by Crippen LogP contribution is 2.17. The quantitative estimate of drug-likeness (QED) is 0.750. The minimum absolute atomic E-state index is 0.283. The molecule has 0 fully saturated rings. The van der Waals surface area contributed by atoms with Gasteiger partial charge in [-0.05, 0) is 31.4 Å². The van der Waals surface area contributed by atoms with Gasteiger partial charge in [-0.1, -0.05) is 25.1 Å². The van der Waals surface area contributed by atoms with Crippen LogP contribution in [0.4, 0.5) is 0 Å². The van der Waals surface area contributed by atoms with Gasteiger partial charge in [0.05, 0.1) is 11.2 Å². The Morgan fingerprint density at radius 3 is 2.95 bits per heavy atom. The van der Waals surface area contributed by atoms with E-state index in [1.807, 2.05) is 17.8 Å². The predicted molar refractivity (Wildman–Crippen MR) is 77.9 cm³/mol. The maximum atomic E-state index is 8.96. The summed E-state index contributed by atoms with van der Waals surface area (Å²) >= 11 is 0. The highest BCUT2D eigenvalue weighted by atomic mass is 16.3. The van der Waals surface area contributed by atoms with Crippen molar-refractivity contribution in [2.45, 2.75) is 26.3 Å². The summed E-state index contributed by atoms with van der Waals surface area (Å²) in [5, 5.41) is 18.2. The number of benzene rings is 1. The van der Waals surface area contributed by atoms with Crippen molar-refractivity contribution in [1.29, 1.82) is 0 Å². The monoisotopic (exact) mass is 261 g/mol. The van der Waals surface area contributed by atoms with Gasteiger partial charge in [-0.15, -0.1) is 0 Å². The lowest BCUT2D eigenvalue weighted by molar-refractivity contribution is 0.228. The minimum atomic E-state index is 0.283. The first-order valence-corrected chi connectivity index (χ1v) is 6.94.